The molecule has 10 heteroatoms. The number of halogens is 2. The first kappa shape index (κ1) is 22.6. The van der Waals surface area contributed by atoms with Crippen molar-refractivity contribution in [3.8, 4) is 0 Å². The van der Waals surface area contributed by atoms with Gasteiger partial charge in [-0.05, 0) is 56.4 Å². The van der Waals surface area contributed by atoms with E-state index in [2.05, 4.69) is 15.4 Å². The number of benzene rings is 1. The van der Waals surface area contributed by atoms with E-state index < -0.39 is 11.2 Å². The van der Waals surface area contributed by atoms with Gasteiger partial charge >= 0.3 is 0 Å². The van der Waals surface area contributed by atoms with E-state index in [1.54, 1.807) is 21.7 Å². The highest BCUT2D eigenvalue weighted by Crippen LogP contribution is 2.47. The van der Waals surface area contributed by atoms with Crippen LogP contribution in [-0.4, -0.2) is 53.1 Å². The maximum atomic E-state index is 13.4. The fourth-order valence-electron chi connectivity index (χ4n) is 5.06. The minimum atomic E-state index is -0.453. The van der Waals surface area contributed by atoms with Gasteiger partial charge in [0.05, 0.1) is 22.3 Å². The van der Waals surface area contributed by atoms with Crippen molar-refractivity contribution in [2.45, 2.75) is 38.1 Å². The van der Waals surface area contributed by atoms with E-state index in [-0.39, 0.29) is 22.9 Å². The Hall–Kier alpha value is -3.20. The molecule has 178 valence electrons. The second kappa shape index (κ2) is 8.54. The number of hydrogen-bond donors (Lipinski definition) is 1. The lowest BCUT2D eigenvalue weighted by molar-refractivity contribution is -0.127. The molecule has 2 aliphatic rings. The Bertz CT molecular complexity index is 1270. The van der Waals surface area contributed by atoms with Crippen LogP contribution >= 0.6 is 11.6 Å². The predicted molar refractivity (Wildman–Crippen MR) is 128 cm³/mol. The van der Waals surface area contributed by atoms with Crippen LogP contribution < -0.4 is 15.1 Å². The number of anilines is 2. The van der Waals surface area contributed by atoms with E-state index in [4.69, 9.17) is 11.6 Å². The van der Waals surface area contributed by atoms with E-state index in [1.165, 1.54) is 18.3 Å². The Morgan fingerprint density at radius 3 is 2.71 bits per heavy atom. The lowest BCUT2D eigenvalue weighted by Gasteiger charge is -2.36. The number of nitrogens with zero attached hydrogens (tertiary/aromatic N) is 5. The third-order valence-electron chi connectivity index (χ3n) is 7.05. The first-order valence-electron chi connectivity index (χ1n) is 11.4. The smallest absolute Gasteiger partial charge is 0.256 e. The summed E-state index contributed by atoms with van der Waals surface area (Å²) >= 11 is 6.20. The quantitative estimate of drug-likeness (QED) is 0.610. The summed E-state index contributed by atoms with van der Waals surface area (Å²) < 4.78 is 15.0. The molecule has 1 saturated heterocycles. The SMILES string of the molecule is CN(C)c1ccn2ncc(C(=O)N[C@H]3CC[C@@]4(CCN(c5ccc(F)cc5Cl)C4=O)CC3)c2n1. The highest BCUT2D eigenvalue weighted by molar-refractivity contribution is 6.34. The molecule has 0 radical (unpaired) electrons. The van der Waals surface area contributed by atoms with Gasteiger partial charge in [-0.2, -0.15) is 5.10 Å². The molecule has 2 amide bonds. The van der Waals surface area contributed by atoms with E-state index in [1.807, 2.05) is 25.1 Å². The number of aromatic nitrogens is 3. The molecule has 1 saturated carbocycles. The number of amides is 2. The normalized spacial score (nSPS) is 22.5. The van der Waals surface area contributed by atoms with Gasteiger partial charge in [-0.3, -0.25) is 9.59 Å². The lowest BCUT2D eigenvalue weighted by Crippen LogP contribution is -2.44. The molecule has 0 atom stereocenters. The second-order valence-electron chi connectivity index (χ2n) is 9.34. The van der Waals surface area contributed by atoms with Crippen molar-refractivity contribution in [2.75, 3.05) is 30.4 Å². The van der Waals surface area contributed by atoms with Crippen LogP contribution in [0, 0.1) is 11.2 Å². The van der Waals surface area contributed by atoms with Crippen LogP contribution in [0.1, 0.15) is 42.5 Å². The number of hydrogen-bond acceptors (Lipinski definition) is 5. The molecule has 1 aliphatic carbocycles. The van der Waals surface area contributed by atoms with Crippen molar-refractivity contribution in [1.29, 1.82) is 0 Å². The third-order valence-corrected chi connectivity index (χ3v) is 7.35. The molecular formula is C24H26ClFN6O2. The maximum Gasteiger partial charge on any atom is 0.256 e. The zero-order valence-electron chi connectivity index (χ0n) is 19.1. The molecule has 3 aromatic rings. The highest BCUT2D eigenvalue weighted by atomic mass is 35.5. The molecule has 1 N–H and O–H groups in total. The Morgan fingerprint density at radius 2 is 2.00 bits per heavy atom. The van der Waals surface area contributed by atoms with Crippen LogP contribution in [0.3, 0.4) is 0 Å². The molecule has 0 unspecified atom stereocenters. The summed E-state index contributed by atoms with van der Waals surface area (Å²) in [5.74, 6) is 0.142. The van der Waals surface area contributed by atoms with E-state index in [9.17, 15) is 14.0 Å². The number of nitrogens with one attached hydrogen (secondary N) is 1. The number of fused-ring (bicyclic) bond motifs is 1. The zero-order valence-corrected chi connectivity index (χ0v) is 19.8. The topological polar surface area (TPSA) is 82.8 Å². The Morgan fingerprint density at radius 1 is 1.24 bits per heavy atom. The van der Waals surface area contributed by atoms with Gasteiger partial charge in [0.1, 0.15) is 17.2 Å². The van der Waals surface area contributed by atoms with Crippen molar-refractivity contribution in [3.05, 3.63) is 53.1 Å². The van der Waals surface area contributed by atoms with Crippen molar-refractivity contribution in [3.63, 3.8) is 0 Å². The Kier molecular flexibility index (Phi) is 5.67. The molecule has 5 rings (SSSR count). The van der Waals surface area contributed by atoms with Crippen LogP contribution in [-0.2, 0) is 4.79 Å². The highest BCUT2D eigenvalue weighted by Gasteiger charge is 2.49. The van der Waals surface area contributed by atoms with Crippen molar-refractivity contribution < 1.29 is 14.0 Å². The second-order valence-corrected chi connectivity index (χ2v) is 9.74. The largest absolute Gasteiger partial charge is 0.363 e. The Labute approximate surface area is 201 Å². The van der Waals surface area contributed by atoms with Gasteiger partial charge in [0.25, 0.3) is 5.91 Å². The molecule has 1 aliphatic heterocycles. The van der Waals surface area contributed by atoms with Gasteiger partial charge in [-0.1, -0.05) is 11.6 Å². The molecule has 1 aromatic carbocycles. The van der Waals surface area contributed by atoms with Crippen LogP contribution in [0.5, 0.6) is 0 Å². The molecular weight excluding hydrogens is 459 g/mol. The van der Waals surface area contributed by atoms with Gasteiger partial charge in [-0.15, -0.1) is 0 Å². The predicted octanol–water partition coefficient (Wildman–Crippen LogP) is 3.68. The van der Waals surface area contributed by atoms with Crippen molar-refractivity contribution in [1.82, 2.24) is 19.9 Å². The van der Waals surface area contributed by atoms with Gasteiger partial charge < -0.3 is 15.1 Å². The number of carbonyl (C=O) groups excluding carboxylic acids is 2. The van der Waals surface area contributed by atoms with Crippen molar-refractivity contribution >= 4 is 40.6 Å². The summed E-state index contributed by atoms with van der Waals surface area (Å²) in [5.41, 5.74) is 1.04. The molecule has 34 heavy (non-hydrogen) atoms. The van der Waals surface area contributed by atoms with E-state index in [0.29, 0.717) is 49.1 Å². The van der Waals surface area contributed by atoms with E-state index >= 15 is 0 Å². The molecule has 3 heterocycles. The average molecular weight is 485 g/mol. The first-order chi connectivity index (χ1) is 16.3. The van der Waals surface area contributed by atoms with E-state index in [0.717, 1.165) is 12.2 Å². The monoisotopic (exact) mass is 484 g/mol. The summed E-state index contributed by atoms with van der Waals surface area (Å²) in [7, 11) is 3.78. The fourth-order valence-corrected chi connectivity index (χ4v) is 5.33. The molecule has 2 aromatic heterocycles. The van der Waals surface area contributed by atoms with Crippen LogP contribution in [0.2, 0.25) is 5.02 Å². The minimum absolute atomic E-state index is 0.0265. The first-order valence-corrected chi connectivity index (χ1v) is 11.7. The maximum absolute atomic E-state index is 13.4. The minimum Gasteiger partial charge on any atom is -0.363 e. The molecule has 2 fully saturated rings. The molecule has 0 bridgehead atoms. The average Bonchev–Trinajstić information content (AvgIpc) is 3.37. The summed E-state index contributed by atoms with van der Waals surface area (Å²) in [4.78, 5) is 34.4. The summed E-state index contributed by atoms with van der Waals surface area (Å²) in [6.07, 6.45) is 6.82. The number of rotatable bonds is 4. The Balaban J connectivity index is 1.25. The number of carbonyl (C=O) groups is 2. The summed E-state index contributed by atoms with van der Waals surface area (Å²) in [6.45, 7) is 0.559. The van der Waals surface area contributed by atoms with Crippen LogP contribution in [0.25, 0.3) is 5.65 Å². The summed E-state index contributed by atoms with van der Waals surface area (Å²) in [6, 6.07) is 5.93. The lowest BCUT2D eigenvalue weighted by atomic mass is 9.71. The standard InChI is InChI=1S/C24H26ClFN6O2/c1-30(2)20-7-11-32-21(29-20)17(14-27-32)22(33)28-16-5-8-24(9-6-16)10-12-31(23(24)34)19-4-3-15(26)13-18(19)25/h3-4,7,11,13-14,16H,5-6,8-10,12H2,1-2H3,(H,28,33)/t16-,24-. The van der Waals surface area contributed by atoms with Gasteiger partial charge in [0.15, 0.2) is 5.65 Å². The van der Waals surface area contributed by atoms with Crippen molar-refractivity contribution in [2.24, 2.45) is 5.41 Å². The fraction of sp³-hybridized carbons (Fsp3) is 0.417. The van der Waals surface area contributed by atoms with Crippen LogP contribution in [0.4, 0.5) is 15.9 Å². The third kappa shape index (κ3) is 3.87. The van der Waals surface area contributed by atoms with Gasteiger partial charge in [0, 0.05) is 32.9 Å². The van der Waals surface area contributed by atoms with Gasteiger partial charge in [0.2, 0.25) is 5.91 Å². The molecule has 1 spiro atoms. The summed E-state index contributed by atoms with van der Waals surface area (Å²) in [5, 5.41) is 7.59. The van der Waals surface area contributed by atoms with Crippen LogP contribution in [0.15, 0.2) is 36.7 Å². The zero-order chi connectivity index (χ0) is 24.0. The molecule has 8 nitrogen and oxygen atoms in total. The van der Waals surface area contributed by atoms with Gasteiger partial charge in [-0.25, -0.2) is 13.9 Å².